The highest BCUT2D eigenvalue weighted by Gasteiger charge is 2.15. The summed E-state index contributed by atoms with van der Waals surface area (Å²) in [4.78, 5) is 11.0. The average Bonchev–Trinajstić information content (AvgIpc) is 2.08. The first-order valence-corrected chi connectivity index (χ1v) is 4.94. The molecule has 1 aromatic rings. The monoisotopic (exact) mass is 330 g/mol. The molecule has 0 fully saturated rings. The van der Waals surface area contributed by atoms with Gasteiger partial charge in [0.2, 0.25) is 0 Å². The number of Topliss-reactive ketones (excluding diaryl/α,β-unsaturated/α-hetero) is 1. The van der Waals surface area contributed by atoms with Crippen molar-refractivity contribution in [1.29, 1.82) is 0 Å². The molecule has 0 heterocycles. The Morgan fingerprint density at radius 3 is 2.53 bits per heavy atom. The molecule has 15 heavy (non-hydrogen) atoms. The van der Waals surface area contributed by atoms with Gasteiger partial charge in [-0.2, -0.15) is 8.78 Å². The summed E-state index contributed by atoms with van der Waals surface area (Å²) in [5.41, 5.74) is 0.160. The highest BCUT2D eigenvalue weighted by molar-refractivity contribution is 14.1. The van der Waals surface area contributed by atoms with Gasteiger partial charge in [0.05, 0.1) is 0 Å². The molecule has 0 atom stereocenters. The van der Waals surface area contributed by atoms with Crippen LogP contribution in [-0.4, -0.2) is 12.4 Å². The number of carbonyl (C=O) groups is 1. The van der Waals surface area contributed by atoms with Crippen LogP contribution >= 0.6 is 22.6 Å². The van der Waals surface area contributed by atoms with E-state index >= 15 is 0 Å². The Hall–Kier alpha value is -0.790. The summed E-state index contributed by atoms with van der Waals surface area (Å²) in [6.07, 6.45) is 0. The smallest absolute Gasteiger partial charge is 0.387 e. The van der Waals surface area contributed by atoms with Crippen molar-refractivity contribution in [3.63, 3.8) is 0 Å². The molecule has 0 radical (unpaired) electrons. The molecule has 2 nitrogen and oxygen atoms in total. The van der Waals surface area contributed by atoms with Gasteiger partial charge in [-0.3, -0.25) is 4.79 Å². The molecule has 0 spiro atoms. The zero-order valence-corrected chi connectivity index (χ0v) is 9.72. The molecule has 0 amide bonds. The lowest BCUT2D eigenvalue weighted by atomic mass is 10.1. The summed E-state index contributed by atoms with van der Waals surface area (Å²) in [7, 11) is 0. The SMILES string of the molecule is CC(=O)c1cc(OC(F)F)c(F)cc1I. The second kappa shape index (κ2) is 4.82. The minimum Gasteiger partial charge on any atom is -0.432 e. The minimum absolute atomic E-state index is 0.160. The fourth-order valence-electron chi connectivity index (χ4n) is 0.985. The summed E-state index contributed by atoms with van der Waals surface area (Å²) < 4.78 is 41.1. The van der Waals surface area contributed by atoms with Crippen molar-refractivity contribution in [2.75, 3.05) is 0 Å². The van der Waals surface area contributed by atoms with E-state index in [2.05, 4.69) is 4.74 Å². The van der Waals surface area contributed by atoms with Gasteiger partial charge >= 0.3 is 6.61 Å². The molecule has 0 saturated heterocycles. The van der Waals surface area contributed by atoms with Gasteiger partial charge in [-0.05, 0) is 41.6 Å². The maximum Gasteiger partial charge on any atom is 0.387 e. The van der Waals surface area contributed by atoms with E-state index in [4.69, 9.17) is 0 Å². The number of rotatable bonds is 3. The van der Waals surface area contributed by atoms with Gasteiger partial charge < -0.3 is 4.74 Å². The number of halogens is 4. The second-order valence-electron chi connectivity index (χ2n) is 2.70. The molecule has 0 bridgehead atoms. The molecular weight excluding hydrogens is 324 g/mol. The summed E-state index contributed by atoms with van der Waals surface area (Å²) in [5.74, 6) is -1.86. The van der Waals surface area contributed by atoms with E-state index < -0.39 is 18.2 Å². The number of hydrogen-bond donors (Lipinski definition) is 0. The molecule has 0 aliphatic carbocycles. The Morgan fingerprint density at radius 2 is 2.07 bits per heavy atom. The topological polar surface area (TPSA) is 26.3 Å². The van der Waals surface area contributed by atoms with Crippen molar-refractivity contribution < 1.29 is 22.7 Å². The van der Waals surface area contributed by atoms with Crippen LogP contribution in [0.3, 0.4) is 0 Å². The van der Waals surface area contributed by atoms with Crippen molar-refractivity contribution in [2.24, 2.45) is 0 Å². The molecular formula is C9H6F3IO2. The number of ketones is 1. The van der Waals surface area contributed by atoms with Gasteiger partial charge in [-0.15, -0.1) is 0 Å². The van der Waals surface area contributed by atoms with Crippen molar-refractivity contribution in [3.05, 3.63) is 27.1 Å². The molecule has 1 rings (SSSR count). The van der Waals surface area contributed by atoms with Crippen LogP contribution in [0.4, 0.5) is 13.2 Å². The summed E-state index contributed by atoms with van der Waals surface area (Å²) >= 11 is 1.75. The van der Waals surface area contributed by atoms with E-state index in [9.17, 15) is 18.0 Å². The van der Waals surface area contributed by atoms with Gasteiger partial charge in [-0.25, -0.2) is 4.39 Å². The number of hydrogen-bond acceptors (Lipinski definition) is 2. The summed E-state index contributed by atoms with van der Waals surface area (Å²) in [6.45, 7) is -1.85. The van der Waals surface area contributed by atoms with E-state index in [1.807, 2.05) is 0 Å². The third kappa shape index (κ3) is 3.08. The first-order valence-electron chi connectivity index (χ1n) is 3.86. The van der Waals surface area contributed by atoms with E-state index in [1.165, 1.54) is 6.92 Å². The van der Waals surface area contributed by atoms with Crippen LogP contribution < -0.4 is 4.74 Å². The average molecular weight is 330 g/mol. The highest BCUT2D eigenvalue weighted by Crippen LogP contribution is 2.25. The first kappa shape index (κ1) is 12.3. The van der Waals surface area contributed by atoms with Gasteiger partial charge in [0.15, 0.2) is 17.3 Å². The predicted molar refractivity (Wildman–Crippen MR) is 55.8 cm³/mol. The number of carbonyl (C=O) groups excluding carboxylic acids is 1. The van der Waals surface area contributed by atoms with Gasteiger partial charge in [-0.1, -0.05) is 0 Å². The van der Waals surface area contributed by atoms with Gasteiger partial charge in [0.1, 0.15) is 0 Å². The lowest BCUT2D eigenvalue weighted by Gasteiger charge is -2.08. The Bertz CT molecular complexity index is 393. The van der Waals surface area contributed by atoms with Crippen LogP contribution in [0.2, 0.25) is 0 Å². The van der Waals surface area contributed by atoms with E-state index in [-0.39, 0.29) is 11.3 Å². The van der Waals surface area contributed by atoms with E-state index in [1.54, 1.807) is 22.6 Å². The third-order valence-corrected chi connectivity index (χ3v) is 2.51. The standard InChI is InChI=1S/C9H6F3IO2/c1-4(14)5-2-8(15-9(11)12)6(10)3-7(5)13/h2-3,9H,1H3. The van der Waals surface area contributed by atoms with Gasteiger partial charge in [0.25, 0.3) is 0 Å². The minimum atomic E-state index is -3.11. The van der Waals surface area contributed by atoms with E-state index in [0.717, 1.165) is 12.1 Å². The molecule has 1 aromatic carbocycles. The number of alkyl halides is 2. The third-order valence-electron chi connectivity index (χ3n) is 1.62. The second-order valence-corrected chi connectivity index (χ2v) is 3.86. The Kier molecular flexibility index (Phi) is 3.95. The lowest BCUT2D eigenvalue weighted by molar-refractivity contribution is -0.0522. The van der Waals surface area contributed by atoms with Crippen LogP contribution in [0.25, 0.3) is 0 Å². The normalized spacial score (nSPS) is 10.5. The maximum absolute atomic E-state index is 13.1. The molecule has 6 heteroatoms. The molecule has 0 N–H and O–H groups in total. The molecule has 0 saturated carbocycles. The Labute approximate surface area is 97.6 Å². The van der Waals surface area contributed by atoms with Crippen LogP contribution in [0, 0.1) is 9.39 Å². The molecule has 0 unspecified atom stereocenters. The van der Waals surface area contributed by atoms with Crippen molar-refractivity contribution in [1.82, 2.24) is 0 Å². The predicted octanol–water partition coefficient (Wildman–Crippen LogP) is 3.23. The number of ether oxygens (including phenoxy) is 1. The summed E-state index contributed by atoms with van der Waals surface area (Å²) in [5, 5.41) is 0. The van der Waals surface area contributed by atoms with Crippen molar-refractivity contribution in [3.8, 4) is 5.75 Å². The molecule has 0 aliphatic rings. The zero-order valence-electron chi connectivity index (χ0n) is 7.56. The fraction of sp³-hybridized carbons (Fsp3) is 0.222. The lowest BCUT2D eigenvalue weighted by Crippen LogP contribution is -2.06. The van der Waals surface area contributed by atoms with Crippen molar-refractivity contribution in [2.45, 2.75) is 13.5 Å². The largest absolute Gasteiger partial charge is 0.432 e. The summed E-state index contributed by atoms with van der Waals surface area (Å²) in [6, 6.07) is 1.96. The molecule has 0 aromatic heterocycles. The molecule has 0 aliphatic heterocycles. The quantitative estimate of drug-likeness (QED) is 0.628. The molecule has 82 valence electrons. The first-order chi connectivity index (χ1) is 6.91. The van der Waals surface area contributed by atoms with Gasteiger partial charge in [0, 0.05) is 9.13 Å². The fourth-order valence-corrected chi connectivity index (χ4v) is 1.79. The van der Waals surface area contributed by atoms with Crippen molar-refractivity contribution >= 4 is 28.4 Å². The Morgan fingerprint density at radius 1 is 1.47 bits per heavy atom. The van der Waals surface area contributed by atoms with Crippen LogP contribution in [0.15, 0.2) is 12.1 Å². The Balaban J connectivity index is 3.17. The highest BCUT2D eigenvalue weighted by atomic mass is 127. The maximum atomic E-state index is 13.1. The van der Waals surface area contributed by atoms with Crippen LogP contribution in [-0.2, 0) is 0 Å². The van der Waals surface area contributed by atoms with Crippen LogP contribution in [0.5, 0.6) is 5.75 Å². The van der Waals surface area contributed by atoms with Crippen LogP contribution in [0.1, 0.15) is 17.3 Å². The zero-order chi connectivity index (χ0) is 11.6. The van der Waals surface area contributed by atoms with E-state index in [0.29, 0.717) is 3.57 Å². The number of benzene rings is 1.